The monoisotopic (exact) mass is 634 g/mol. The number of aromatic nitrogens is 4. The summed E-state index contributed by atoms with van der Waals surface area (Å²) in [6.07, 6.45) is 6.31. The molecule has 0 amide bonds. The van der Waals surface area contributed by atoms with Crippen molar-refractivity contribution in [2.75, 3.05) is 43.4 Å². The third kappa shape index (κ3) is 4.30. The Morgan fingerprint density at radius 2 is 1.91 bits per heavy atom. The summed E-state index contributed by atoms with van der Waals surface area (Å²) in [5.74, 6) is 0.227. The van der Waals surface area contributed by atoms with E-state index in [1.807, 2.05) is 10.6 Å². The van der Waals surface area contributed by atoms with E-state index in [1.165, 1.54) is 6.07 Å². The second-order valence-corrected chi connectivity index (χ2v) is 14.5. The third-order valence-electron chi connectivity index (χ3n) is 10.9. The summed E-state index contributed by atoms with van der Waals surface area (Å²) in [5.41, 5.74) is 7.76. The number of fused-ring (bicyclic) bond motifs is 5. The first kappa shape index (κ1) is 27.9. The number of pyridine rings is 1. The number of nitrogens with one attached hydrogen (secondary N) is 1. The van der Waals surface area contributed by atoms with E-state index in [0.29, 0.717) is 57.8 Å². The Morgan fingerprint density at radius 3 is 2.69 bits per heavy atom. The molecule has 3 N–H and O–H groups in total. The minimum Gasteiger partial charge on any atom is -0.461 e. The van der Waals surface area contributed by atoms with Gasteiger partial charge in [-0.3, -0.25) is 9.69 Å². The Balaban J connectivity index is 1.24. The fourth-order valence-electron chi connectivity index (χ4n) is 8.62. The summed E-state index contributed by atoms with van der Waals surface area (Å²) in [5, 5.41) is 4.28. The summed E-state index contributed by atoms with van der Waals surface area (Å²) in [6, 6.07) is 5.67. The number of nitrogen functional groups attached to an aromatic ring is 1. The van der Waals surface area contributed by atoms with E-state index in [9.17, 15) is 13.6 Å². The van der Waals surface area contributed by atoms with Crippen LogP contribution in [-0.2, 0) is 0 Å². The number of hydrogen-bond donors (Lipinski definition) is 2. The number of anilines is 2. The molecule has 1 aromatic carbocycles. The molecule has 5 fully saturated rings. The first-order valence-electron chi connectivity index (χ1n) is 16.2. The molecule has 3 aromatic heterocycles. The Morgan fingerprint density at radius 1 is 1.09 bits per heavy atom. The third-order valence-corrected chi connectivity index (χ3v) is 11.8. The number of benzene rings is 1. The topological polar surface area (TPSA) is 114 Å². The summed E-state index contributed by atoms with van der Waals surface area (Å²) in [4.78, 5) is 33.6. The molecule has 1 aliphatic carbocycles. The van der Waals surface area contributed by atoms with Crippen LogP contribution in [0.3, 0.4) is 0 Å². The molecule has 4 aliphatic heterocycles. The van der Waals surface area contributed by atoms with Crippen molar-refractivity contribution < 1.29 is 13.5 Å². The van der Waals surface area contributed by atoms with Crippen molar-refractivity contribution in [2.45, 2.75) is 81.2 Å². The molecule has 2 bridgehead atoms. The number of thiazole rings is 1. The number of piperazine rings is 1. The van der Waals surface area contributed by atoms with Gasteiger partial charge in [-0.2, -0.15) is 9.97 Å². The Hall–Kier alpha value is -3.42. The van der Waals surface area contributed by atoms with Crippen LogP contribution in [0.1, 0.15) is 57.4 Å². The van der Waals surface area contributed by atoms with Gasteiger partial charge in [0.25, 0.3) is 5.56 Å². The number of nitrogens with two attached hydrogens (primary N) is 1. The van der Waals surface area contributed by atoms with E-state index in [2.05, 4.69) is 20.1 Å². The summed E-state index contributed by atoms with van der Waals surface area (Å²) in [7, 11) is 0. The van der Waals surface area contributed by atoms with Crippen molar-refractivity contribution in [3.8, 4) is 17.3 Å². The highest BCUT2D eigenvalue weighted by atomic mass is 32.1. The zero-order valence-corrected chi connectivity index (χ0v) is 25.8. The maximum absolute atomic E-state index is 14.9. The Bertz CT molecular complexity index is 1880. The first-order valence-corrected chi connectivity index (χ1v) is 17.0. The lowest BCUT2D eigenvalue weighted by Gasteiger charge is -2.37. The minimum atomic E-state index is -0.863. The average Bonchev–Trinajstić information content (AvgIpc) is 3.71. The van der Waals surface area contributed by atoms with E-state index in [1.54, 1.807) is 6.07 Å². The number of hydrogen-bond acceptors (Lipinski definition) is 10. The van der Waals surface area contributed by atoms with E-state index in [4.69, 9.17) is 20.4 Å². The molecule has 9 rings (SSSR count). The largest absolute Gasteiger partial charge is 0.461 e. The van der Waals surface area contributed by atoms with E-state index >= 15 is 0 Å². The standard InChI is InChI=1S/C32H36F2N8O2S/c33-17-12-32(9-2-10-40(32)15-17)16-44-31-37-23-11-24(21-7-8-22(34)27-26(21)38-30(35)45-27)42(18-3-1-4-18)29(43)25(23)28(39-31)41-19-5-6-20(41)14-36-13-19/h7-8,11,17-20,36H,1-6,9-10,12-16H2,(H2,35,38)/t17-,19?,20?,32+/m1/s1. The van der Waals surface area contributed by atoms with Crippen LogP contribution in [0, 0.1) is 5.82 Å². The molecular weight excluding hydrogens is 598 g/mol. The van der Waals surface area contributed by atoms with Gasteiger partial charge in [0.15, 0.2) is 5.13 Å². The normalized spacial score (nSPS) is 28.3. The molecule has 5 aliphatic rings. The van der Waals surface area contributed by atoms with Crippen LogP contribution in [0.4, 0.5) is 19.7 Å². The van der Waals surface area contributed by atoms with Gasteiger partial charge in [-0.05, 0) is 69.7 Å². The molecule has 7 heterocycles. The van der Waals surface area contributed by atoms with Crippen LogP contribution in [0.2, 0.25) is 0 Å². The molecule has 0 spiro atoms. The van der Waals surface area contributed by atoms with E-state index in [0.717, 1.165) is 75.9 Å². The lowest BCUT2D eigenvalue weighted by Crippen LogP contribution is -2.52. The molecule has 45 heavy (non-hydrogen) atoms. The van der Waals surface area contributed by atoms with Crippen LogP contribution in [-0.4, -0.2) is 81.0 Å². The van der Waals surface area contributed by atoms with Gasteiger partial charge >= 0.3 is 6.01 Å². The van der Waals surface area contributed by atoms with E-state index < -0.39 is 12.0 Å². The second-order valence-electron chi connectivity index (χ2n) is 13.5. The number of rotatable bonds is 6. The number of halogens is 2. The zero-order valence-electron chi connectivity index (χ0n) is 25.0. The fourth-order valence-corrected chi connectivity index (χ4v) is 9.38. The molecule has 4 atom stereocenters. The first-order chi connectivity index (χ1) is 21.9. The van der Waals surface area contributed by atoms with Crippen LogP contribution in [0.5, 0.6) is 6.01 Å². The fraction of sp³-hybridized carbons (Fsp3) is 0.562. The van der Waals surface area contributed by atoms with Crippen molar-refractivity contribution in [3.63, 3.8) is 0 Å². The SMILES string of the molecule is Nc1nc2c(-c3cc4nc(OC[C@@]56CCCN5C[C@H](F)C6)nc(N5C6CCC5CNC6)c4c(=O)n3C3CCC3)ccc(F)c2s1. The molecule has 0 radical (unpaired) electrons. The smallest absolute Gasteiger partial charge is 0.319 e. The van der Waals surface area contributed by atoms with Gasteiger partial charge in [0, 0.05) is 49.7 Å². The van der Waals surface area contributed by atoms with Gasteiger partial charge in [-0.25, -0.2) is 13.8 Å². The van der Waals surface area contributed by atoms with Gasteiger partial charge < -0.3 is 25.3 Å². The highest BCUT2D eigenvalue weighted by molar-refractivity contribution is 7.22. The molecule has 4 aromatic rings. The highest BCUT2D eigenvalue weighted by Crippen LogP contribution is 2.43. The summed E-state index contributed by atoms with van der Waals surface area (Å²) < 4.78 is 38.0. The Kier molecular flexibility index (Phi) is 6.37. The summed E-state index contributed by atoms with van der Waals surface area (Å²) >= 11 is 1.10. The summed E-state index contributed by atoms with van der Waals surface area (Å²) in [6.45, 7) is 3.25. The number of nitrogens with zero attached hydrogens (tertiary/aromatic N) is 6. The zero-order chi connectivity index (χ0) is 30.4. The van der Waals surface area contributed by atoms with Crippen LogP contribution in [0.25, 0.3) is 32.4 Å². The molecule has 10 nitrogen and oxygen atoms in total. The molecule has 13 heteroatoms. The maximum atomic E-state index is 14.9. The molecule has 1 saturated carbocycles. The lowest BCUT2D eigenvalue weighted by atomic mass is 9.91. The minimum absolute atomic E-state index is 0.0139. The van der Waals surface area contributed by atoms with Crippen molar-refractivity contribution in [3.05, 3.63) is 34.4 Å². The second kappa shape index (κ2) is 10.3. The van der Waals surface area contributed by atoms with Crippen molar-refractivity contribution >= 4 is 43.4 Å². The van der Waals surface area contributed by atoms with Crippen molar-refractivity contribution in [1.82, 2.24) is 29.7 Å². The number of ether oxygens (including phenoxy) is 1. The molecule has 236 valence electrons. The molecule has 2 unspecified atom stereocenters. The molecular formula is C32H36F2N8O2S. The van der Waals surface area contributed by atoms with E-state index in [-0.39, 0.29) is 40.4 Å². The average molecular weight is 635 g/mol. The predicted octanol–water partition coefficient (Wildman–Crippen LogP) is 4.41. The molecule has 4 saturated heterocycles. The maximum Gasteiger partial charge on any atom is 0.319 e. The van der Waals surface area contributed by atoms with Gasteiger partial charge in [0.2, 0.25) is 0 Å². The van der Waals surface area contributed by atoms with Crippen molar-refractivity contribution in [1.29, 1.82) is 0 Å². The van der Waals surface area contributed by atoms with Gasteiger partial charge in [-0.15, -0.1) is 0 Å². The number of alkyl halides is 1. The quantitative estimate of drug-likeness (QED) is 0.318. The van der Waals surface area contributed by atoms with Crippen LogP contribution in [0.15, 0.2) is 23.0 Å². The van der Waals surface area contributed by atoms with Crippen LogP contribution < -0.4 is 26.2 Å². The highest BCUT2D eigenvalue weighted by Gasteiger charge is 2.49. The van der Waals surface area contributed by atoms with Gasteiger partial charge in [-0.1, -0.05) is 11.3 Å². The predicted molar refractivity (Wildman–Crippen MR) is 170 cm³/mol. The lowest BCUT2D eigenvalue weighted by molar-refractivity contribution is 0.107. The van der Waals surface area contributed by atoms with Crippen LogP contribution >= 0.6 is 11.3 Å². The van der Waals surface area contributed by atoms with Crippen molar-refractivity contribution in [2.24, 2.45) is 0 Å². The Labute approximate surface area is 262 Å². The van der Waals surface area contributed by atoms with Gasteiger partial charge in [0.1, 0.15) is 29.8 Å². The van der Waals surface area contributed by atoms with Gasteiger partial charge in [0.05, 0.1) is 27.0 Å².